The zero-order valence-electron chi connectivity index (χ0n) is 12.9. The molecule has 2 aromatic rings. The van der Waals surface area contributed by atoms with Crippen molar-refractivity contribution in [1.29, 1.82) is 0 Å². The molecule has 0 bridgehead atoms. The summed E-state index contributed by atoms with van der Waals surface area (Å²) >= 11 is 6.13. The molecule has 10 heteroatoms. The molecule has 25 heavy (non-hydrogen) atoms. The first-order valence-corrected chi connectivity index (χ1v) is 7.59. The number of benzene rings is 1. The van der Waals surface area contributed by atoms with Crippen molar-refractivity contribution in [2.45, 2.75) is 6.61 Å². The van der Waals surface area contributed by atoms with Gasteiger partial charge in [0.05, 0.1) is 5.02 Å². The fourth-order valence-corrected chi connectivity index (χ4v) is 2.37. The van der Waals surface area contributed by atoms with Crippen molar-refractivity contribution in [3.8, 4) is 11.5 Å². The Bertz CT molecular complexity index is 823. The molecule has 4 N–H and O–H groups in total. The molecule has 1 aliphatic rings. The second kappa shape index (κ2) is 7.22. The topological polar surface area (TPSA) is 135 Å². The molecule has 9 nitrogen and oxygen atoms in total. The summed E-state index contributed by atoms with van der Waals surface area (Å²) in [6.45, 7) is 0.707. The van der Waals surface area contributed by atoms with Crippen LogP contribution in [0.4, 0.5) is 11.9 Å². The van der Waals surface area contributed by atoms with E-state index in [0.29, 0.717) is 35.3 Å². The molecule has 0 atom stereocenters. The molecule has 3 rings (SSSR count). The highest BCUT2D eigenvalue weighted by molar-refractivity contribution is 6.32. The van der Waals surface area contributed by atoms with E-state index in [1.54, 1.807) is 18.2 Å². The van der Waals surface area contributed by atoms with Gasteiger partial charge in [-0.25, -0.2) is 4.79 Å². The number of rotatable bonds is 4. The number of aromatic nitrogens is 3. The van der Waals surface area contributed by atoms with E-state index in [2.05, 4.69) is 15.0 Å². The van der Waals surface area contributed by atoms with Crippen molar-refractivity contribution < 1.29 is 19.0 Å². The van der Waals surface area contributed by atoms with Crippen LogP contribution < -0.4 is 20.9 Å². The highest BCUT2D eigenvalue weighted by atomic mass is 35.5. The van der Waals surface area contributed by atoms with E-state index in [9.17, 15) is 4.79 Å². The predicted octanol–water partition coefficient (Wildman–Crippen LogP) is 1.22. The van der Waals surface area contributed by atoms with Gasteiger partial charge in [-0.3, -0.25) is 0 Å². The maximum atomic E-state index is 11.8. The Morgan fingerprint density at radius 3 is 2.68 bits per heavy atom. The lowest BCUT2D eigenvalue weighted by atomic mass is 10.2. The Hall–Kier alpha value is -3.07. The zero-order valence-corrected chi connectivity index (χ0v) is 13.7. The van der Waals surface area contributed by atoms with Crippen molar-refractivity contribution in [3.63, 3.8) is 0 Å². The summed E-state index contributed by atoms with van der Waals surface area (Å²) in [6, 6.07) is 3.38. The highest BCUT2D eigenvalue weighted by Gasteiger charge is 2.16. The Morgan fingerprint density at radius 2 is 1.92 bits per heavy atom. The monoisotopic (exact) mass is 363 g/mol. The first-order valence-electron chi connectivity index (χ1n) is 7.21. The van der Waals surface area contributed by atoms with Gasteiger partial charge in [0, 0.05) is 6.08 Å². The molecule has 0 aliphatic carbocycles. The van der Waals surface area contributed by atoms with Crippen LogP contribution in [0, 0.1) is 0 Å². The van der Waals surface area contributed by atoms with Gasteiger partial charge in [0.25, 0.3) is 0 Å². The van der Waals surface area contributed by atoms with E-state index in [0.717, 1.165) is 0 Å². The molecule has 1 aliphatic heterocycles. The fraction of sp³-hybridized carbons (Fsp3) is 0.200. The average molecular weight is 364 g/mol. The standard InChI is InChI=1S/C15H14ClN5O4/c16-9-5-8(6-10-13(9)24-4-3-23-10)1-2-12(22)25-7-11-19-14(17)21-15(18)20-11/h1-2,5-6H,3-4,7H2,(H4,17,18,19,20,21)/b2-1+. The third-order valence-electron chi connectivity index (χ3n) is 3.09. The lowest BCUT2D eigenvalue weighted by Gasteiger charge is -2.19. The molecule has 0 radical (unpaired) electrons. The molecule has 0 amide bonds. The first kappa shape index (κ1) is 16.8. The molecule has 2 heterocycles. The molecule has 1 aromatic carbocycles. The molecular formula is C15H14ClN5O4. The van der Waals surface area contributed by atoms with E-state index < -0.39 is 5.97 Å². The lowest BCUT2D eigenvalue weighted by Crippen LogP contribution is -2.15. The van der Waals surface area contributed by atoms with E-state index >= 15 is 0 Å². The Labute approximate surface area is 147 Å². The predicted molar refractivity (Wildman–Crippen MR) is 89.9 cm³/mol. The Kier molecular flexibility index (Phi) is 4.85. The van der Waals surface area contributed by atoms with Gasteiger partial charge in [-0.05, 0) is 23.8 Å². The number of fused-ring (bicyclic) bond motifs is 1. The largest absolute Gasteiger partial charge is 0.486 e. The summed E-state index contributed by atoms with van der Waals surface area (Å²) in [4.78, 5) is 23.0. The van der Waals surface area contributed by atoms with Crippen LogP contribution in [0.25, 0.3) is 6.08 Å². The summed E-state index contributed by atoms with van der Waals surface area (Å²) in [7, 11) is 0. The molecular weight excluding hydrogens is 350 g/mol. The number of nitrogens with two attached hydrogens (primary N) is 2. The third-order valence-corrected chi connectivity index (χ3v) is 3.37. The summed E-state index contributed by atoms with van der Waals surface area (Å²) in [5, 5.41) is 0.404. The van der Waals surface area contributed by atoms with Crippen molar-refractivity contribution in [2.24, 2.45) is 0 Å². The summed E-state index contributed by atoms with van der Waals surface area (Å²) in [5.41, 5.74) is 11.5. The molecule has 0 saturated heterocycles. The van der Waals surface area contributed by atoms with Gasteiger partial charge in [-0.2, -0.15) is 15.0 Å². The van der Waals surface area contributed by atoms with E-state index in [1.165, 1.54) is 6.08 Å². The van der Waals surface area contributed by atoms with E-state index in [4.69, 9.17) is 37.3 Å². The van der Waals surface area contributed by atoms with Gasteiger partial charge >= 0.3 is 5.97 Å². The number of carbonyl (C=O) groups is 1. The van der Waals surface area contributed by atoms with Crippen LogP contribution in [0.5, 0.6) is 11.5 Å². The van der Waals surface area contributed by atoms with Crippen LogP contribution in [0.2, 0.25) is 5.02 Å². The number of nitrogens with zero attached hydrogens (tertiary/aromatic N) is 3. The van der Waals surface area contributed by atoms with Crippen molar-refractivity contribution in [3.05, 3.63) is 34.6 Å². The average Bonchev–Trinajstić information content (AvgIpc) is 2.57. The van der Waals surface area contributed by atoms with Crippen LogP contribution in [-0.4, -0.2) is 34.1 Å². The van der Waals surface area contributed by atoms with E-state index in [-0.39, 0.29) is 24.3 Å². The molecule has 0 unspecified atom stereocenters. The molecule has 0 spiro atoms. The van der Waals surface area contributed by atoms with Gasteiger partial charge in [0.15, 0.2) is 23.9 Å². The Balaban J connectivity index is 1.63. The van der Waals surface area contributed by atoms with Crippen LogP contribution in [0.3, 0.4) is 0 Å². The number of carbonyl (C=O) groups excluding carboxylic acids is 1. The quantitative estimate of drug-likeness (QED) is 0.606. The van der Waals surface area contributed by atoms with Gasteiger partial charge in [-0.1, -0.05) is 11.6 Å². The van der Waals surface area contributed by atoms with E-state index in [1.807, 2.05) is 0 Å². The van der Waals surface area contributed by atoms with Crippen LogP contribution in [0.1, 0.15) is 11.4 Å². The Morgan fingerprint density at radius 1 is 1.20 bits per heavy atom. The number of hydrogen-bond donors (Lipinski definition) is 2. The lowest BCUT2D eigenvalue weighted by molar-refractivity contribution is -0.139. The number of hydrogen-bond acceptors (Lipinski definition) is 9. The minimum atomic E-state index is -0.594. The number of esters is 1. The van der Waals surface area contributed by atoms with Gasteiger partial charge in [0.1, 0.15) is 13.2 Å². The van der Waals surface area contributed by atoms with Crippen molar-refractivity contribution >= 4 is 35.5 Å². The van der Waals surface area contributed by atoms with Crippen LogP contribution in [-0.2, 0) is 16.1 Å². The maximum absolute atomic E-state index is 11.8. The second-order valence-electron chi connectivity index (χ2n) is 4.94. The minimum Gasteiger partial charge on any atom is -0.486 e. The highest BCUT2D eigenvalue weighted by Crippen LogP contribution is 2.38. The number of nitrogen functional groups attached to an aromatic ring is 2. The maximum Gasteiger partial charge on any atom is 0.331 e. The third kappa shape index (κ3) is 4.27. The normalized spacial score (nSPS) is 13.0. The summed E-state index contributed by atoms with van der Waals surface area (Å²) < 4.78 is 15.9. The second-order valence-corrected chi connectivity index (χ2v) is 5.34. The van der Waals surface area contributed by atoms with Crippen LogP contribution >= 0.6 is 11.6 Å². The van der Waals surface area contributed by atoms with Gasteiger partial charge in [-0.15, -0.1) is 0 Å². The molecule has 130 valence electrons. The van der Waals surface area contributed by atoms with Crippen LogP contribution in [0.15, 0.2) is 18.2 Å². The smallest absolute Gasteiger partial charge is 0.331 e. The minimum absolute atomic E-state index is 0.0417. The SMILES string of the molecule is Nc1nc(N)nc(COC(=O)/C=C/c2cc(Cl)c3c(c2)OCCO3)n1. The number of anilines is 2. The molecule has 1 aromatic heterocycles. The number of halogens is 1. The zero-order chi connectivity index (χ0) is 17.8. The fourth-order valence-electron chi connectivity index (χ4n) is 2.10. The summed E-state index contributed by atoms with van der Waals surface area (Å²) in [6.07, 6.45) is 2.79. The van der Waals surface area contributed by atoms with Gasteiger partial charge < -0.3 is 25.7 Å². The van der Waals surface area contributed by atoms with Crippen molar-refractivity contribution in [2.75, 3.05) is 24.7 Å². The molecule has 0 saturated carbocycles. The number of ether oxygens (including phenoxy) is 3. The molecule has 0 fully saturated rings. The summed E-state index contributed by atoms with van der Waals surface area (Å²) in [5.74, 6) is 0.512. The first-order chi connectivity index (χ1) is 12.0. The van der Waals surface area contributed by atoms with Gasteiger partial charge in [0.2, 0.25) is 11.9 Å². The van der Waals surface area contributed by atoms with Crippen molar-refractivity contribution in [1.82, 2.24) is 15.0 Å².